The first-order valence-electron chi connectivity index (χ1n) is 8.28. The molecule has 0 spiro atoms. The van der Waals surface area contributed by atoms with E-state index < -0.39 is 29.0 Å². The van der Waals surface area contributed by atoms with Crippen molar-refractivity contribution in [3.63, 3.8) is 0 Å². The molecule has 0 aliphatic heterocycles. The van der Waals surface area contributed by atoms with Gasteiger partial charge in [0.15, 0.2) is 17.5 Å². The molecule has 3 aromatic rings. The number of hydrogen-bond acceptors (Lipinski definition) is 2. The Kier molecular flexibility index (Phi) is 5.44. The summed E-state index contributed by atoms with van der Waals surface area (Å²) < 4.78 is 40.1. The Balaban J connectivity index is 1.82. The minimum atomic E-state index is -1.67. The van der Waals surface area contributed by atoms with E-state index in [1.807, 2.05) is 0 Å². The second-order valence-electron chi connectivity index (χ2n) is 6.03. The Morgan fingerprint density at radius 3 is 2.07 bits per heavy atom. The van der Waals surface area contributed by atoms with Crippen molar-refractivity contribution in [2.24, 2.45) is 0 Å². The molecule has 0 heterocycles. The maximum Gasteiger partial charge on any atom is 0.255 e. The average molecular weight is 384 g/mol. The maximum atomic E-state index is 13.8. The number of hydrogen-bond donors (Lipinski definition) is 2. The fourth-order valence-corrected chi connectivity index (χ4v) is 2.50. The second kappa shape index (κ2) is 7.96. The van der Waals surface area contributed by atoms with Crippen molar-refractivity contribution in [1.82, 2.24) is 0 Å². The fourth-order valence-electron chi connectivity index (χ4n) is 2.50. The first kappa shape index (κ1) is 19.2. The highest BCUT2D eigenvalue weighted by Crippen LogP contribution is 2.22. The Hall–Kier alpha value is -3.61. The molecule has 0 aliphatic rings. The van der Waals surface area contributed by atoms with Crippen molar-refractivity contribution < 1.29 is 22.8 Å². The van der Waals surface area contributed by atoms with Crippen LogP contribution in [-0.4, -0.2) is 11.8 Å². The minimum absolute atomic E-state index is 0.109. The van der Waals surface area contributed by atoms with E-state index in [1.54, 1.807) is 43.3 Å². The molecule has 3 rings (SSSR count). The van der Waals surface area contributed by atoms with E-state index in [-0.39, 0.29) is 11.5 Å². The van der Waals surface area contributed by atoms with Crippen LogP contribution in [0.25, 0.3) is 0 Å². The van der Waals surface area contributed by atoms with Gasteiger partial charge in [-0.2, -0.15) is 0 Å². The molecule has 142 valence electrons. The van der Waals surface area contributed by atoms with Crippen LogP contribution in [0.5, 0.6) is 0 Å². The molecule has 0 unspecified atom stereocenters. The number of amides is 2. The lowest BCUT2D eigenvalue weighted by molar-refractivity contribution is 0.101. The van der Waals surface area contributed by atoms with Crippen molar-refractivity contribution in [3.8, 4) is 0 Å². The van der Waals surface area contributed by atoms with E-state index in [0.717, 1.165) is 6.07 Å². The first-order valence-corrected chi connectivity index (χ1v) is 8.28. The first-order chi connectivity index (χ1) is 13.4. The molecule has 0 atom stereocenters. The van der Waals surface area contributed by atoms with Crippen LogP contribution in [0.1, 0.15) is 26.3 Å². The van der Waals surface area contributed by atoms with Gasteiger partial charge in [0, 0.05) is 16.8 Å². The molecule has 0 saturated heterocycles. The Bertz CT molecular complexity index is 1050. The number of carbonyl (C=O) groups is 2. The van der Waals surface area contributed by atoms with Crippen LogP contribution in [0.15, 0.2) is 60.7 Å². The summed E-state index contributed by atoms with van der Waals surface area (Å²) in [5.41, 5.74) is 1.17. The maximum absolute atomic E-state index is 13.8. The standard InChI is InChI=1S/C21H15F3N2O2/c1-12-7-8-14(11-17(12)26-20(27)13-5-3-2-4-6-13)21(28)25-16-10-9-15(22)18(23)19(16)24/h2-11H,1H3,(H,25,28)(H,26,27). The average Bonchev–Trinajstić information content (AvgIpc) is 2.70. The van der Waals surface area contributed by atoms with Gasteiger partial charge in [0.1, 0.15) is 0 Å². The van der Waals surface area contributed by atoms with Crippen molar-refractivity contribution in [2.45, 2.75) is 6.92 Å². The van der Waals surface area contributed by atoms with Gasteiger partial charge in [-0.15, -0.1) is 0 Å². The van der Waals surface area contributed by atoms with Crippen molar-refractivity contribution in [1.29, 1.82) is 0 Å². The summed E-state index contributed by atoms with van der Waals surface area (Å²) in [7, 11) is 0. The Labute approximate surface area is 159 Å². The Morgan fingerprint density at radius 1 is 0.714 bits per heavy atom. The van der Waals surface area contributed by atoms with Crippen LogP contribution in [0.4, 0.5) is 24.5 Å². The predicted molar refractivity (Wildman–Crippen MR) is 99.8 cm³/mol. The number of halogens is 3. The highest BCUT2D eigenvalue weighted by atomic mass is 19.2. The molecule has 0 aromatic heterocycles. The second-order valence-corrected chi connectivity index (χ2v) is 6.03. The number of carbonyl (C=O) groups excluding carboxylic acids is 2. The topological polar surface area (TPSA) is 58.2 Å². The monoisotopic (exact) mass is 384 g/mol. The van der Waals surface area contributed by atoms with Crippen LogP contribution in [0.2, 0.25) is 0 Å². The van der Waals surface area contributed by atoms with Crippen molar-refractivity contribution in [2.75, 3.05) is 10.6 Å². The fraction of sp³-hybridized carbons (Fsp3) is 0.0476. The van der Waals surface area contributed by atoms with Crippen LogP contribution < -0.4 is 10.6 Å². The van der Waals surface area contributed by atoms with Gasteiger partial charge in [-0.25, -0.2) is 13.2 Å². The minimum Gasteiger partial charge on any atom is -0.322 e. The van der Waals surface area contributed by atoms with E-state index in [0.29, 0.717) is 22.9 Å². The zero-order valence-corrected chi connectivity index (χ0v) is 14.7. The van der Waals surface area contributed by atoms with Gasteiger partial charge >= 0.3 is 0 Å². The molecule has 0 fully saturated rings. The van der Waals surface area contributed by atoms with Gasteiger partial charge in [0.05, 0.1) is 5.69 Å². The molecule has 2 amide bonds. The third kappa shape index (κ3) is 4.03. The number of rotatable bonds is 4. The molecule has 7 heteroatoms. The smallest absolute Gasteiger partial charge is 0.255 e. The molecule has 2 N–H and O–H groups in total. The molecule has 4 nitrogen and oxygen atoms in total. The molecule has 0 aliphatic carbocycles. The van der Waals surface area contributed by atoms with E-state index >= 15 is 0 Å². The zero-order chi connectivity index (χ0) is 20.3. The van der Waals surface area contributed by atoms with E-state index in [4.69, 9.17) is 0 Å². The molecular formula is C21H15F3N2O2. The lowest BCUT2D eigenvalue weighted by Gasteiger charge is -2.12. The summed E-state index contributed by atoms with van der Waals surface area (Å²) >= 11 is 0. The predicted octanol–water partition coefficient (Wildman–Crippen LogP) is 4.92. The zero-order valence-electron chi connectivity index (χ0n) is 14.7. The van der Waals surface area contributed by atoms with Crippen LogP contribution in [-0.2, 0) is 0 Å². The van der Waals surface area contributed by atoms with E-state index in [9.17, 15) is 22.8 Å². The van der Waals surface area contributed by atoms with Gasteiger partial charge in [-0.3, -0.25) is 9.59 Å². The van der Waals surface area contributed by atoms with Gasteiger partial charge in [-0.05, 0) is 48.9 Å². The lowest BCUT2D eigenvalue weighted by atomic mass is 10.1. The van der Waals surface area contributed by atoms with Crippen LogP contribution in [0.3, 0.4) is 0 Å². The summed E-state index contributed by atoms with van der Waals surface area (Å²) in [5, 5.41) is 4.90. The lowest BCUT2D eigenvalue weighted by Crippen LogP contribution is -2.16. The molecule has 0 saturated carbocycles. The van der Waals surface area contributed by atoms with Crippen LogP contribution >= 0.6 is 0 Å². The summed E-state index contributed by atoms with van der Waals surface area (Å²) in [5.74, 6) is -5.60. The highest BCUT2D eigenvalue weighted by molar-refractivity contribution is 6.07. The molecule has 0 radical (unpaired) electrons. The normalized spacial score (nSPS) is 10.4. The van der Waals surface area contributed by atoms with Crippen molar-refractivity contribution in [3.05, 3.63) is 94.8 Å². The van der Waals surface area contributed by atoms with Gasteiger partial charge < -0.3 is 10.6 Å². The number of aryl methyl sites for hydroxylation is 1. The number of anilines is 2. The van der Waals surface area contributed by atoms with E-state index in [1.165, 1.54) is 12.1 Å². The van der Waals surface area contributed by atoms with Crippen LogP contribution in [0, 0.1) is 24.4 Å². The summed E-state index contributed by atoms with van der Waals surface area (Å²) in [6, 6.07) is 14.7. The molecule has 0 bridgehead atoms. The molecule has 28 heavy (non-hydrogen) atoms. The molecule has 3 aromatic carbocycles. The van der Waals surface area contributed by atoms with E-state index in [2.05, 4.69) is 10.6 Å². The van der Waals surface area contributed by atoms with Gasteiger partial charge in [0.2, 0.25) is 0 Å². The largest absolute Gasteiger partial charge is 0.322 e. The van der Waals surface area contributed by atoms with Gasteiger partial charge in [-0.1, -0.05) is 24.3 Å². The summed E-state index contributed by atoms with van der Waals surface area (Å²) in [6.07, 6.45) is 0. The SMILES string of the molecule is Cc1ccc(C(=O)Nc2ccc(F)c(F)c2F)cc1NC(=O)c1ccccc1. The van der Waals surface area contributed by atoms with Crippen molar-refractivity contribution >= 4 is 23.2 Å². The Morgan fingerprint density at radius 2 is 1.36 bits per heavy atom. The summed E-state index contributed by atoms with van der Waals surface area (Å²) in [4.78, 5) is 24.7. The van der Waals surface area contributed by atoms with Gasteiger partial charge in [0.25, 0.3) is 11.8 Å². The third-order valence-electron chi connectivity index (χ3n) is 4.07. The quantitative estimate of drug-likeness (QED) is 0.628. The number of nitrogens with one attached hydrogen (secondary N) is 2. The number of benzene rings is 3. The molecular weight excluding hydrogens is 369 g/mol. The summed E-state index contributed by atoms with van der Waals surface area (Å²) in [6.45, 7) is 1.75. The highest BCUT2D eigenvalue weighted by Gasteiger charge is 2.17. The third-order valence-corrected chi connectivity index (χ3v) is 4.07.